The summed E-state index contributed by atoms with van der Waals surface area (Å²) in [6, 6.07) is 0. The number of rotatable bonds is 5. The lowest BCUT2D eigenvalue weighted by Crippen LogP contribution is -2.54. The Morgan fingerprint density at radius 3 is 2.26 bits per heavy atom. The molecular weight excluding hydrogens is 470 g/mol. The van der Waals surface area contributed by atoms with Crippen LogP contribution in [0.5, 0.6) is 0 Å². The molecule has 2 aliphatic rings. The number of nitrogen functional groups attached to an aromatic ring is 1. The number of morpholine rings is 1. The van der Waals surface area contributed by atoms with Crippen LogP contribution in [0.25, 0.3) is 16.9 Å². The number of ether oxygens (including phenoxy) is 1. The first-order chi connectivity index (χ1) is 16.6. The maximum absolute atomic E-state index is 11.9. The molecule has 2 N–H and O–H groups in total. The quantitative estimate of drug-likeness (QED) is 0.524. The highest BCUT2D eigenvalue weighted by molar-refractivity contribution is 7.88. The predicted molar refractivity (Wildman–Crippen MR) is 132 cm³/mol. The van der Waals surface area contributed by atoms with Crippen LogP contribution in [-0.4, -0.2) is 101 Å². The zero-order valence-electron chi connectivity index (χ0n) is 20.3. The molecule has 2 fully saturated rings. The van der Waals surface area contributed by atoms with Gasteiger partial charge in [-0.05, 0) is 13.8 Å². The van der Waals surface area contributed by atoms with Crippen molar-refractivity contribution in [3.05, 3.63) is 30.5 Å². The number of nitrogens with zero attached hydrogens (tertiary/aromatic N) is 8. The van der Waals surface area contributed by atoms with Crippen LogP contribution in [0, 0.1) is 0 Å². The standard InChI is InChI=1S/C22H31N9O3S/c1-22(2,30-4-6-31(7-5-30)35(3,32)33)18-15-29-14-17(16-12-24-21(23)25-13-16)26-19(20(29)27-18)28-8-10-34-11-9-28/h12-15H,4-11H2,1-3H3,(H2,23,24,25). The van der Waals surface area contributed by atoms with Gasteiger partial charge in [0.15, 0.2) is 11.5 Å². The first kappa shape index (κ1) is 23.9. The maximum Gasteiger partial charge on any atom is 0.219 e. The Morgan fingerprint density at radius 1 is 0.971 bits per heavy atom. The minimum absolute atomic E-state index is 0.214. The summed E-state index contributed by atoms with van der Waals surface area (Å²) < 4.78 is 33.0. The molecule has 0 atom stereocenters. The molecule has 2 aliphatic heterocycles. The molecule has 0 bridgehead atoms. The normalized spacial score (nSPS) is 18.9. The molecule has 0 radical (unpaired) electrons. The highest BCUT2D eigenvalue weighted by Crippen LogP contribution is 2.32. The summed E-state index contributed by atoms with van der Waals surface area (Å²) in [6.07, 6.45) is 8.57. The third kappa shape index (κ3) is 4.68. The van der Waals surface area contributed by atoms with Crippen LogP contribution in [0.2, 0.25) is 0 Å². The van der Waals surface area contributed by atoms with Gasteiger partial charge >= 0.3 is 0 Å². The smallest absolute Gasteiger partial charge is 0.219 e. The van der Waals surface area contributed by atoms with Gasteiger partial charge in [0.25, 0.3) is 0 Å². The van der Waals surface area contributed by atoms with Crippen molar-refractivity contribution in [2.75, 3.05) is 69.4 Å². The Kier molecular flexibility index (Phi) is 6.11. The fraction of sp³-hybridized carbons (Fsp3) is 0.545. The molecule has 5 heterocycles. The second-order valence-corrected chi connectivity index (χ2v) is 11.4. The lowest BCUT2D eigenvalue weighted by molar-refractivity contribution is 0.0753. The number of fused-ring (bicyclic) bond motifs is 1. The molecule has 0 unspecified atom stereocenters. The van der Waals surface area contributed by atoms with Crippen molar-refractivity contribution in [3.8, 4) is 11.3 Å². The van der Waals surface area contributed by atoms with E-state index in [4.69, 9.17) is 20.4 Å². The third-order valence-electron chi connectivity index (χ3n) is 6.82. The average molecular weight is 502 g/mol. The van der Waals surface area contributed by atoms with Gasteiger partial charge in [-0.25, -0.2) is 28.4 Å². The Balaban J connectivity index is 1.53. The molecule has 0 saturated carbocycles. The van der Waals surface area contributed by atoms with E-state index in [-0.39, 0.29) is 5.95 Å². The first-order valence-corrected chi connectivity index (χ1v) is 13.5. The van der Waals surface area contributed by atoms with Gasteiger partial charge in [-0.2, -0.15) is 4.31 Å². The Hall–Kier alpha value is -2.87. The van der Waals surface area contributed by atoms with Crippen molar-refractivity contribution in [2.24, 2.45) is 0 Å². The van der Waals surface area contributed by atoms with E-state index in [1.165, 1.54) is 10.6 Å². The molecule has 188 valence electrons. The molecule has 0 amide bonds. The van der Waals surface area contributed by atoms with Crippen LogP contribution in [0.15, 0.2) is 24.8 Å². The highest BCUT2D eigenvalue weighted by Gasteiger charge is 2.36. The van der Waals surface area contributed by atoms with E-state index < -0.39 is 15.6 Å². The van der Waals surface area contributed by atoms with Gasteiger partial charge in [0.05, 0.1) is 36.4 Å². The van der Waals surface area contributed by atoms with Crippen molar-refractivity contribution >= 4 is 27.4 Å². The molecule has 5 rings (SSSR count). The van der Waals surface area contributed by atoms with E-state index >= 15 is 0 Å². The molecule has 13 heteroatoms. The maximum atomic E-state index is 11.9. The lowest BCUT2D eigenvalue weighted by atomic mass is 9.98. The highest BCUT2D eigenvalue weighted by atomic mass is 32.2. The van der Waals surface area contributed by atoms with Crippen molar-refractivity contribution in [3.63, 3.8) is 0 Å². The number of imidazole rings is 1. The Labute approximate surface area is 204 Å². The number of sulfonamides is 1. The van der Waals surface area contributed by atoms with E-state index in [0.29, 0.717) is 39.4 Å². The summed E-state index contributed by atoms with van der Waals surface area (Å²) in [5.41, 5.74) is 8.43. The molecule has 0 aliphatic carbocycles. The average Bonchev–Trinajstić information content (AvgIpc) is 3.29. The number of nitrogens with two attached hydrogens (primary N) is 1. The first-order valence-electron chi connectivity index (χ1n) is 11.6. The zero-order chi connectivity index (χ0) is 24.8. The molecule has 3 aromatic heterocycles. The summed E-state index contributed by atoms with van der Waals surface area (Å²) in [7, 11) is -3.19. The van der Waals surface area contributed by atoms with Gasteiger partial charge in [0.2, 0.25) is 16.0 Å². The summed E-state index contributed by atoms with van der Waals surface area (Å²) >= 11 is 0. The van der Waals surface area contributed by atoms with Crippen LogP contribution >= 0.6 is 0 Å². The molecule has 0 spiro atoms. The van der Waals surface area contributed by atoms with Crippen LogP contribution < -0.4 is 10.6 Å². The largest absolute Gasteiger partial charge is 0.378 e. The summed E-state index contributed by atoms with van der Waals surface area (Å²) in [5.74, 6) is 0.998. The number of anilines is 2. The minimum Gasteiger partial charge on any atom is -0.378 e. The van der Waals surface area contributed by atoms with Gasteiger partial charge in [-0.1, -0.05) is 0 Å². The fourth-order valence-corrected chi connectivity index (χ4v) is 5.44. The van der Waals surface area contributed by atoms with E-state index in [1.54, 1.807) is 12.4 Å². The van der Waals surface area contributed by atoms with E-state index in [0.717, 1.165) is 41.5 Å². The fourth-order valence-electron chi connectivity index (χ4n) is 4.61. The van der Waals surface area contributed by atoms with Crippen molar-refractivity contribution in [2.45, 2.75) is 19.4 Å². The summed E-state index contributed by atoms with van der Waals surface area (Å²) in [6.45, 7) is 9.18. The summed E-state index contributed by atoms with van der Waals surface area (Å²) in [5, 5.41) is 0. The summed E-state index contributed by atoms with van der Waals surface area (Å²) in [4.78, 5) is 22.7. The van der Waals surface area contributed by atoms with Gasteiger partial charge in [-0.3, -0.25) is 4.90 Å². The Bertz CT molecular complexity index is 1310. The van der Waals surface area contributed by atoms with Gasteiger partial charge in [-0.15, -0.1) is 0 Å². The number of aromatic nitrogens is 5. The molecule has 0 aromatic carbocycles. The molecule has 35 heavy (non-hydrogen) atoms. The second kappa shape index (κ2) is 8.97. The Morgan fingerprint density at radius 2 is 1.63 bits per heavy atom. The van der Waals surface area contributed by atoms with Crippen molar-refractivity contribution < 1.29 is 13.2 Å². The molecular formula is C22H31N9O3S. The molecule has 3 aromatic rings. The van der Waals surface area contributed by atoms with Crippen molar-refractivity contribution in [1.29, 1.82) is 0 Å². The SMILES string of the molecule is CC(C)(c1cn2cc(-c3cnc(N)nc3)nc(N3CCOCC3)c2n1)N1CCN(S(C)(=O)=O)CC1. The van der Waals surface area contributed by atoms with E-state index in [1.807, 2.05) is 16.8 Å². The molecule has 12 nitrogen and oxygen atoms in total. The van der Waals surface area contributed by atoms with Gasteiger partial charge in [0.1, 0.15) is 0 Å². The second-order valence-electron chi connectivity index (χ2n) is 9.44. The van der Waals surface area contributed by atoms with Crippen molar-refractivity contribution in [1.82, 2.24) is 33.5 Å². The van der Waals surface area contributed by atoms with Crippen LogP contribution in [0.1, 0.15) is 19.5 Å². The number of hydrogen-bond donors (Lipinski definition) is 1. The van der Waals surface area contributed by atoms with Crippen LogP contribution in [-0.2, 0) is 20.3 Å². The lowest BCUT2D eigenvalue weighted by Gasteiger charge is -2.42. The third-order valence-corrected chi connectivity index (χ3v) is 8.13. The topological polar surface area (TPSA) is 135 Å². The monoisotopic (exact) mass is 501 g/mol. The minimum atomic E-state index is -3.19. The van der Waals surface area contributed by atoms with Crippen LogP contribution in [0.3, 0.4) is 0 Å². The van der Waals surface area contributed by atoms with E-state index in [2.05, 4.69) is 33.6 Å². The van der Waals surface area contributed by atoms with E-state index in [9.17, 15) is 8.42 Å². The predicted octanol–water partition coefficient (Wildman–Crippen LogP) is 0.417. The van der Waals surface area contributed by atoms with Gasteiger partial charge in [0, 0.05) is 69.6 Å². The zero-order valence-corrected chi connectivity index (χ0v) is 21.1. The molecule has 2 saturated heterocycles. The van der Waals surface area contributed by atoms with Gasteiger partial charge < -0.3 is 19.8 Å². The number of piperazine rings is 1. The number of hydrogen-bond acceptors (Lipinski definition) is 10. The van der Waals surface area contributed by atoms with Crippen LogP contribution in [0.4, 0.5) is 11.8 Å².